The van der Waals surface area contributed by atoms with E-state index >= 15 is 0 Å². The fourth-order valence-corrected chi connectivity index (χ4v) is 1.80. The van der Waals surface area contributed by atoms with Crippen molar-refractivity contribution in [3.63, 3.8) is 0 Å². The van der Waals surface area contributed by atoms with Gasteiger partial charge in [0.25, 0.3) is 0 Å². The lowest BCUT2D eigenvalue weighted by atomic mass is 9.79. The highest BCUT2D eigenvalue weighted by molar-refractivity contribution is 6.61. The fraction of sp³-hybridized carbons (Fsp3) is 0.400. The second-order valence-electron chi connectivity index (χ2n) is 3.87. The molecular formula is C10H14BNO2. The first-order chi connectivity index (χ1) is 6.68. The summed E-state index contributed by atoms with van der Waals surface area (Å²) >= 11 is 0. The lowest BCUT2D eigenvalue weighted by Gasteiger charge is -2.17. The minimum absolute atomic E-state index is 0.00352. The van der Waals surface area contributed by atoms with E-state index in [0.717, 1.165) is 17.6 Å². The van der Waals surface area contributed by atoms with Gasteiger partial charge in [0.15, 0.2) is 0 Å². The van der Waals surface area contributed by atoms with Crippen molar-refractivity contribution >= 4 is 12.6 Å². The monoisotopic (exact) mass is 191 g/mol. The Morgan fingerprint density at radius 2 is 2.14 bits per heavy atom. The minimum Gasteiger partial charge on any atom is -0.423 e. The normalized spacial score (nSPS) is 20.3. The van der Waals surface area contributed by atoms with Gasteiger partial charge in [0.05, 0.1) is 6.10 Å². The van der Waals surface area contributed by atoms with Crippen LogP contribution in [0.15, 0.2) is 24.3 Å². The smallest absolute Gasteiger partial charge is 0.423 e. The van der Waals surface area contributed by atoms with Crippen molar-refractivity contribution in [3.8, 4) is 0 Å². The SMILES string of the molecule is CN(C)CC1OB(O)c2ccccc21. The van der Waals surface area contributed by atoms with Gasteiger partial charge >= 0.3 is 7.12 Å². The summed E-state index contributed by atoms with van der Waals surface area (Å²) < 4.78 is 5.46. The molecular weight excluding hydrogens is 177 g/mol. The van der Waals surface area contributed by atoms with Crippen molar-refractivity contribution in [2.24, 2.45) is 0 Å². The molecule has 1 atom stereocenters. The quantitative estimate of drug-likeness (QED) is 0.668. The van der Waals surface area contributed by atoms with Gasteiger partial charge in [0.2, 0.25) is 0 Å². The van der Waals surface area contributed by atoms with Crippen molar-refractivity contribution in [3.05, 3.63) is 29.8 Å². The van der Waals surface area contributed by atoms with E-state index in [1.165, 1.54) is 0 Å². The average Bonchev–Trinajstić information content (AvgIpc) is 2.44. The minimum atomic E-state index is -0.754. The average molecular weight is 191 g/mol. The number of rotatable bonds is 2. The number of benzene rings is 1. The Morgan fingerprint density at radius 1 is 1.43 bits per heavy atom. The molecule has 0 aliphatic carbocycles. The first-order valence-corrected chi connectivity index (χ1v) is 4.75. The molecule has 0 amide bonds. The molecule has 74 valence electrons. The van der Waals surface area contributed by atoms with Gasteiger partial charge in [-0.1, -0.05) is 24.3 Å². The van der Waals surface area contributed by atoms with E-state index in [0.29, 0.717) is 0 Å². The first kappa shape index (κ1) is 9.71. The first-order valence-electron chi connectivity index (χ1n) is 4.75. The van der Waals surface area contributed by atoms with E-state index in [1.54, 1.807) is 0 Å². The predicted molar refractivity (Wildman–Crippen MR) is 56.4 cm³/mol. The number of nitrogens with zero attached hydrogens (tertiary/aromatic N) is 1. The van der Waals surface area contributed by atoms with Crippen LogP contribution < -0.4 is 5.46 Å². The van der Waals surface area contributed by atoms with Gasteiger partial charge in [-0.05, 0) is 25.1 Å². The van der Waals surface area contributed by atoms with E-state index in [4.69, 9.17) is 4.65 Å². The predicted octanol–water partition coefficient (Wildman–Crippen LogP) is 0.00700. The van der Waals surface area contributed by atoms with Crippen molar-refractivity contribution in [2.75, 3.05) is 20.6 Å². The Balaban J connectivity index is 2.25. The highest BCUT2D eigenvalue weighted by atomic mass is 16.5. The number of hydrogen-bond acceptors (Lipinski definition) is 3. The summed E-state index contributed by atoms with van der Waals surface area (Å²) in [7, 11) is 3.24. The summed E-state index contributed by atoms with van der Waals surface area (Å²) in [5.41, 5.74) is 2.01. The van der Waals surface area contributed by atoms with Gasteiger partial charge in [-0.3, -0.25) is 0 Å². The summed E-state index contributed by atoms with van der Waals surface area (Å²) in [5, 5.41) is 9.62. The Bertz CT molecular complexity index is 328. The van der Waals surface area contributed by atoms with E-state index in [2.05, 4.69) is 4.90 Å². The van der Waals surface area contributed by atoms with Gasteiger partial charge < -0.3 is 14.6 Å². The van der Waals surface area contributed by atoms with E-state index in [1.807, 2.05) is 38.4 Å². The zero-order valence-electron chi connectivity index (χ0n) is 8.47. The zero-order chi connectivity index (χ0) is 10.1. The molecule has 1 unspecified atom stereocenters. The van der Waals surface area contributed by atoms with Gasteiger partial charge in [0.1, 0.15) is 0 Å². The van der Waals surface area contributed by atoms with Crippen LogP contribution in [0.25, 0.3) is 0 Å². The van der Waals surface area contributed by atoms with Crippen LogP contribution in [0, 0.1) is 0 Å². The summed E-state index contributed by atoms with van der Waals surface area (Å²) in [6.07, 6.45) is -0.00352. The van der Waals surface area contributed by atoms with Crippen LogP contribution in [0.5, 0.6) is 0 Å². The third-order valence-corrected chi connectivity index (χ3v) is 2.43. The topological polar surface area (TPSA) is 32.7 Å². The summed E-state index contributed by atoms with van der Waals surface area (Å²) in [6.45, 7) is 0.800. The molecule has 14 heavy (non-hydrogen) atoms. The fourth-order valence-electron chi connectivity index (χ4n) is 1.80. The molecule has 4 heteroatoms. The van der Waals surface area contributed by atoms with E-state index in [9.17, 15) is 5.02 Å². The molecule has 0 fully saturated rings. The maximum absolute atomic E-state index is 9.62. The number of fused-ring (bicyclic) bond motifs is 1. The second-order valence-corrected chi connectivity index (χ2v) is 3.87. The second kappa shape index (κ2) is 3.73. The zero-order valence-corrected chi connectivity index (χ0v) is 8.47. The molecule has 1 N–H and O–H groups in total. The highest BCUT2D eigenvalue weighted by Crippen LogP contribution is 2.23. The standard InChI is InChI=1S/C10H14BNO2/c1-12(2)7-10-8-5-3-4-6-9(8)11(13)14-10/h3-6,10,13H,7H2,1-2H3. The third kappa shape index (κ3) is 1.69. The molecule has 0 bridgehead atoms. The lowest BCUT2D eigenvalue weighted by Crippen LogP contribution is -2.28. The molecule has 1 heterocycles. The van der Waals surface area contributed by atoms with Crippen molar-refractivity contribution < 1.29 is 9.68 Å². The molecule has 0 spiro atoms. The molecule has 1 aromatic carbocycles. The number of hydrogen-bond donors (Lipinski definition) is 1. The Hall–Kier alpha value is -0.835. The largest absolute Gasteiger partial charge is 0.492 e. The molecule has 3 nitrogen and oxygen atoms in total. The van der Waals surface area contributed by atoms with Crippen LogP contribution in [0.1, 0.15) is 11.7 Å². The van der Waals surface area contributed by atoms with Gasteiger partial charge in [-0.15, -0.1) is 0 Å². The molecule has 0 saturated carbocycles. The van der Waals surface area contributed by atoms with Crippen LogP contribution in [0.4, 0.5) is 0 Å². The van der Waals surface area contributed by atoms with E-state index < -0.39 is 7.12 Å². The van der Waals surface area contributed by atoms with Crippen LogP contribution in [0.2, 0.25) is 0 Å². The molecule has 0 radical (unpaired) electrons. The number of likely N-dealkylation sites (N-methyl/N-ethyl adjacent to an activating group) is 1. The molecule has 1 aliphatic rings. The molecule has 1 aliphatic heterocycles. The lowest BCUT2D eigenvalue weighted by molar-refractivity contribution is 0.153. The molecule has 2 rings (SSSR count). The van der Waals surface area contributed by atoms with Crippen molar-refractivity contribution in [1.82, 2.24) is 4.90 Å². The Kier molecular flexibility index (Phi) is 2.59. The van der Waals surface area contributed by atoms with Crippen molar-refractivity contribution in [1.29, 1.82) is 0 Å². The van der Waals surface area contributed by atoms with Crippen LogP contribution in [0.3, 0.4) is 0 Å². The Labute approximate surface area is 84.4 Å². The summed E-state index contributed by atoms with van der Waals surface area (Å²) in [5.74, 6) is 0. The van der Waals surface area contributed by atoms with Gasteiger partial charge in [0, 0.05) is 6.54 Å². The van der Waals surface area contributed by atoms with Crippen molar-refractivity contribution in [2.45, 2.75) is 6.10 Å². The summed E-state index contributed by atoms with van der Waals surface area (Å²) in [4.78, 5) is 2.06. The maximum Gasteiger partial charge on any atom is 0.492 e. The Morgan fingerprint density at radius 3 is 2.86 bits per heavy atom. The van der Waals surface area contributed by atoms with Gasteiger partial charge in [-0.25, -0.2) is 0 Å². The van der Waals surface area contributed by atoms with Gasteiger partial charge in [-0.2, -0.15) is 0 Å². The molecule has 1 aromatic rings. The summed E-state index contributed by atoms with van der Waals surface area (Å²) in [6, 6.07) is 7.82. The molecule has 0 saturated heterocycles. The third-order valence-electron chi connectivity index (χ3n) is 2.43. The van der Waals surface area contributed by atoms with Crippen LogP contribution in [-0.2, 0) is 4.65 Å². The molecule has 0 aromatic heterocycles. The van der Waals surface area contributed by atoms with E-state index in [-0.39, 0.29) is 6.10 Å². The van der Waals surface area contributed by atoms with Crippen LogP contribution in [-0.4, -0.2) is 37.7 Å². The van der Waals surface area contributed by atoms with Crippen LogP contribution >= 0.6 is 0 Å². The highest BCUT2D eigenvalue weighted by Gasteiger charge is 2.34. The maximum atomic E-state index is 9.62.